The van der Waals surface area contributed by atoms with Gasteiger partial charge in [-0.05, 0) is 32.4 Å². The van der Waals surface area contributed by atoms with Gasteiger partial charge in [-0.25, -0.2) is 0 Å². The minimum atomic E-state index is 0.639. The van der Waals surface area contributed by atoms with Gasteiger partial charge in [0.05, 0.1) is 0 Å². The molecule has 2 N–H and O–H groups in total. The zero-order valence-corrected chi connectivity index (χ0v) is 12.3. The molecule has 19 heavy (non-hydrogen) atoms. The standard InChI is InChI=1S/C16H27N3/c1-14-4-3-5-16(12-14)6-7-18-13-15(2)19-10-8-17-9-11-19/h3-5,12,15,17-18H,6-11,13H2,1-2H3. The van der Waals surface area contributed by atoms with Gasteiger partial charge >= 0.3 is 0 Å². The maximum Gasteiger partial charge on any atom is 0.0193 e. The molecule has 106 valence electrons. The Morgan fingerprint density at radius 3 is 2.84 bits per heavy atom. The Labute approximate surface area is 117 Å². The summed E-state index contributed by atoms with van der Waals surface area (Å²) in [5.41, 5.74) is 2.79. The zero-order chi connectivity index (χ0) is 13.5. The molecule has 1 heterocycles. The minimum Gasteiger partial charge on any atom is -0.315 e. The van der Waals surface area contributed by atoms with E-state index in [1.165, 1.54) is 24.2 Å². The molecule has 0 aromatic heterocycles. The van der Waals surface area contributed by atoms with Crippen molar-refractivity contribution in [2.24, 2.45) is 0 Å². The molecule has 1 aliphatic rings. The van der Waals surface area contributed by atoms with Crippen molar-refractivity contribution in [2.75, 3.05) is 39.3 Å². The molecular formula is C16H27N3. The quantitative estimate of drug-likeness (QED) is 0.759. The first kappa shape index (κ1) is 14.5. The highest BCUT2D eigenvalue weighted by Crippen LogP contribution is 2.04. The third-order valence-electron chi connectivity index (χ3n) is 3.89. The molecule has 1 saturated heterocycles. The van der Waals surface area contributed by atoms with Gasteiger partial charge in [-0.3, -0.25) is 4.90 Å². The fourth-order valence-corrected chi connectivity index (χ4v) is 2.66. The summed E-state index contributed by atoms with van der Waals surface area (Å²) in [6.07, 6.45) is 1.12. The normalized spacial score (nSPS) is 18.4. The van der Waals surface area contributed by atoms with E-state index >= 15 is 0 Å². The van der Waals surface area contributed by atoms with Crippen molar-refractivity contribution < 1.29 is 0 Å². The number of rotatable bonds is 6. The van der Waals surface area contributed by atoms with Gasteiger partial charge in [-0.2, -0.15) is 0 Å². The zero-order valence-electron chi connectivity index (χ0n) is 12.3. The first-order chi connectivity index (χ1) is 9.25. The van der Waals surface area contributed by atoms with Gasteiger partial charge in [0.2, 0.25) is 0 Å². The lowest BCUT2D eigenvalue weighted by Crippen LogP contribution is -2.50. The van der Waals surface area contributed by atoms with Crippen LogP contribution in [0.2, 0.25) is 0 Å². The van der Waals surface area contributed by atoms with Crippen molar-refractivity contribution in [3.8, 4) is 0 Å². The summed E-state index contributed by atoms with van der Waals surface area (Å²) in [6, 6.07) is 9.44. The number of nitrogens with zero attached hydrogens (tertiary/aromatic N) is 1. The first-order valence-electron chi connectivity index (χ1n) is 7.47. The van der Waals surface area contributed by atoms with E-state index in [-0.39, 0.29) is 0 Å². The van der Waals surface area contributed by atoms with Crippen molar-refractivity contribution in [1.29, 1.82) is 0 Å². The smallest absolute Gasteiger partial charge is 0.0193 e. The SMILES string of the molecule is Cc1cccc(CCNCC(C)N2CCNCC2)c1. The number of benzene rings is 1. The fourth-order valence-electron chi connectivity index (χ4n) is 2.66. The van der Waals surface area contributed by atoms with Crippen LogP contribution < -0.4 is 10.6 Å². The van der Waals surface area contributed by atoms with Crippen LogP contribution in [0.25, 0.3) is 0 Å². The summed E-state index contributed by atoms with van der Waals surface area (Å²) in [5, 5.41) is 6.99. The van der Waals surface area contributed by atoms with Crippen LogP contribution in [-0.4, -0.2) is 50.2 Å². The van der Waals surface area contributed by atoms with Gasteiger partial charge in [0.25, 0.3) is 0 Å². The Bertz CT molecular complexity index is 372. The number of piperazine rings is 1. The lowest BCUT2D eigenvalue weighted by Gasteiger charge is -2.32. The Morgan fingerprint density at radius 1 is 1.32 bits per heavy atom. The molecule has 3 nitrogen and oxygen atoms in total. The predicted octanol–water partition coefficient (Wildman–Crippen LogP) is 1.42. The highest BCUT2D eigenvalue weighted by Gasteiger charge is 2.15. The average Bonchev–Trinajstić information content (AvgIpc) is 2.44. The topological polar surface area (TPSA) is 27.3 Å². The molecule has 0 amide bonds. The van der Waals surface area contributed by atoms with Crippen LogP contribution in [-0.2, 0) is 6.42 Å². The van der Waals surface area contributed by atoms with E-state index in [9.17, 15) is 0 Å². The summed E-state index contributed by atoms with van der Waals surface area (Å²) in [4.78, 5) is 2.57. The van der Waals surface area contributed by atoms with Crippen molar-refractivity contribution in [1.82, 2.24) is 15.5 Å². The monoisotopic (exact) mass is 261 g/mol. The molecule has 1 aromatic rings. The third-order valence-corrected chi connectivity index (χ3v) is 3.89. The Kier molecular flexibility index (Phi) is 5.83. The van der Waals surface area contributed by atoms with E-state index in [4.69, 9.17) is 0 Å². The maximum atomic E-state index is 3.59. The van der Waals surface area contributed by atoms with Crippen molar-refractivity contribution in [3.63, 3.8) is 0 Å². The summed E-state index contributed by atoms with van der Waals surface area (Å²) < 4.78 is 0. The van der Waals surface area contributed by atoms with Gasteiger partial charge in [0, 0.05) is 38.8 Å². The molecule has 3 heteroatoms. The highest BCUT2D eigenvalue weighted by atomic mass is 15.2. The summed E-state index contributed by atoms with van der Waals surface area (Å²) in [5.74, 6) is 0. The van der Waals surface area contributed by atoms with Crippen molar-refractivity contribution >= 4 is 0 Å². The molecule has 0 aliphatic carbocycles. The van der Waals surface area contributed by atoms with Crippen molar-refractivity contribution in [2.45, 2.75) is 26.3 Å². The molecule has 2 rings (SSSR count). The first-order valence-corrected chi connectivity index (χ1v) is 7.47. The Morgan fingerprint density at radius 2 is 2.11 bits per heavy atom. The molecule has 0 radical (unpaired) electrons. The average molecular weight is 261 g/mol. The Balaban J connectivity index is 1.63. The molecular weight excluding hydrogens is 234 g/mol. The second-order valence-corrected chi connectivity index (χ2v) is 5.58. The van der Waals surface area contributed by atoms with Crippen LogP contribution in [0.1, 0.15) is 18.1 Å². The molecule has 1 atom stereocenters. The van der Waals surface area contributed by atoms with E-state index in [1.54, 1.807) is 0 Å². The lowest BCUT2D eigenvalue weighted by atomic mass is 10.1. The molecule has 0 bridgehead atoms. The maximum absolute atomic E-state index is 3.59. The number of aryl methyl sites for hydroxylation is 1. The van der Waals surface area contributed by atoms with Crippen LogP contribution in [0.3, 0.4) is 0 Å². The molecule has 1 aromatic carbocycles. The molecule has 0 saturated carbocycles. The molecule has 1 unspecified atom stereocenters. The van der Waals surface area contributed by atoms with E-state index in [0.717, 1.165) is 32.6 Å². The lowest BCUT2D eigenvalue weighted by molar-refractivity contribution is 0.181. The number of hydrogen-bond acceptors (Lipinski definition) is 3. The number of hydrogen-bond donors (Lipinski definition) is 2. The van der Waals surface area contributed by atoms with E-state index in [0.29, 0.717) is 6.04 Å². The summed E-state index contributed by atoms with van der Waals surface area (Å²) in [7, 11) is 0. The van der Waals surface area contributed by atoms with Gasteiger partial charge in [-0.15, -0.1) is 0 Å². The summed E-state index contributed by atoms with van der Waals surface area (Å²) >= 11 is 0. The van der Waals surface area contributed by atoms with E-state index in [1.807, 2.05) is 0 Å². The second-order valence-electron chi connectivity index (χ2n) is 5.58. The number of nitrogens with one attached hydrogen (secondary N) is 2. The van der Waals surface area contributed by atoms with E-state index in [2.05, 4.69) is 53.6 Å². The van der Waals surface area contributed by atoms with Crippen LogP contribution in [0.5, 0.6) is 0 Å². The second kappa shape index (κ2) is 7.63. The highest BCUT2D eigenvalue weighted by molar-refractivity contribution is 5.22. The minimum absolute atomic E-state index is 0.639. The van der Waals surface area contributed by atoms with E-state index < -0.39 is 0 Å². The summed E-state index contributed by atoms with van der Waals surface area (Å²) in [6.45, 7) is 11.3. The van der Waals surface area contributed by atoms with Crippen LogP contribution in [0, 0.1) is 6.92 Å². The van der Waals surface area contributed by atoms with Gasteiger partial charge in [-0.1, -0.05) is 29.8 Å². The van der Waals surface area contributed by atoms with Gasteiger partial charge in [0.15, 0.2) is 0 Å². The Hall–Kier alpha value is -0.900. The third kappa shape index (κ3) is 4.94. The molecule has 0 spiro atoms. The van der Waals surface area contributed by atoms with Crippen LogP contribution in [0.4, 0.5) is 0 Å². The van der Waals surface area contributed by atoms with Crippen LogP contribution >= 0.6 is 0 Å². The van der Waals surface area contributed by atoms with Gasteiger partial charge < -0.3 is 10.6 Å². The fraction of sp³-hybridized carbons (Fsp3) is 0.625. The molecule has 1 fully saturated rings. The largest absolute Gasteiger partial charge is 0.315 e. The van der Waals surface area contributed by atoms with Crippen molar-refractivity contribution in [3.05, 3.63) is 35.4 Å². The van der Waals surface area contributed by atoms with Gasteiger partial charge in [0.1, 0.15) is 0 Å². The predicted molar refractivity (Wildman–Crippen MR) is 81.7 cm³/mol. The van der Waals surface area contributed by atoms with Crippen LogP contribution in [0.15, 0.2) is 24.3 Å². The molecule has 1 aliphatic heterocycles.